The molecule has 0 spiro atoms. The van der Waals surface area contributed by atoms with E-state index in [1.165, 1.54) is 0 Å². The van der Waals surface area contributed by atoms with Crippen LogP contribution in [-0.4, -0.2) is 21.1 Å². The Morgan fingerprint density at radius 3 is 2.32 bits per heavy atom. The molecular weight excluding hydrogens is 262 g/mol. The van der Waals surface area contributed by atoms with Gasteiger partial charge in [-0.1, -0.05) is 25.4 Å². The van der Waals surface area contributed by atoms with Crippen LogP contribution in [0.2, 0.25) is 5.02 Å². The zero-order valence-corrected chi connectivity index (χ0v) is 13.4. The Morgan fingerprint density at radius 1 is 1.37 bits per heavy atom. The quantitative estimate of drug-likeness (QED) is 0.905. The second kappa shape index (κ2) is 5.25. The number of carbonyl (C=O) groups excluding carboxylic acids is 1. The van der Waals surface area contributed by atoms with Crippen molar-refractivity contribution in [2.45, 2.75) is 60.0 Å². The third kappa shape index (κ3) is 3.00. The summed E-state index contributed by atoms with van der Waals surface area (Å²) in [5.41, 5.74) is 6.45. The van der Waals surface area contributed by atoms with Crippen molar-refractivity contribution in [3.8, 4) is 0 Å². The Hall–Kier alpha value is -0.870. The Morgan fingerprint density at radius 2 is 1.89 bits per heavy atom. The first kappa shape index (κ1) is 16.2. The standard InChI is InChI=1S/C14H24ClN3O/c1-7-18-10(12(15)9(2)17-18)8-11(19)13(3,4)14(5,6)16/h7-8,16H2,1-6H3. The molecule has 1 aromatic heterocycles. The molecule has 2 N–H and O–H groups in total. The van der Waals surface area contributed by atoms with Gasteiger partial charge in [-0.2, -0.15) is 5.10 Å². The van der Waals surface area contributed by atoms with E-state index >= 15 is 0 Å². The molecule has 5 heteroatoms. The van der Waals surface area contributed by atoms with Gasteiger partial charge in [0.05, 0.1) is 22.8 Å². The molecule has 0 aliphatic heterocycles. The Bertz CT molecular complexity index is 484. The van der Waals surface area contributed by atoms with Gasteiger partial charge in [0.15, 0.2) is 0 Å². The van der Waals surface area contributed by atoms with Crippen molar-refractivity contribution < 1.29 is 4.79 Å². The molecule has 108 valence electrons. The molecule has 0 aliphatic rings. The number of rotatable bonds is 5. The van der Waals surface area contributed by atoms with Crippen molar-refractivity contribution in [3.05, 3.63) is 16.4 Å². The van der Waals surface area contributed by atoms with E-state index < -0.39 is 11.0 Å². The minimum Gasteiger partial charge on any atom is -0.325 e. The summed E-state index contributed by atoms with van der Waals surface area (Å²) in [6.07, 6.45) is 0.265. The highest BCUT2D eigenvalue weighted by Gasteiger charge is 2.40. The van der Waals surface area contributed by atoms with Crippen LogP contribution in [0.25, 0.3) is 0 Å². The third-order valence-corrected chi connectivity index (χ3v) is 4.58. The largest absolute Gasteiger partial charge is 0.325 e. The Kier molecular flexibility index (Phi) is 4.47. The van der Waals surface area contributed by atoms with Gasteiger partial charge in [-0.3, -0.25) is 9.48 Å². The fourth-order valence-electron chi connectivity index (χ4n) is 1.77. The monoisotopic (exact) mass is 285 g/mol. The molecule has 4 nitrogen and oxygen atoms in total. The summed E-state index contributed by atoms with van der Waals surface area (Å²) in [5.74, 6) is 0.0801. The van der Waals surface area contributed by atoms with E-state index in [2.05, 4.69) is 5.10 Å². The van der Waals surface area contributed by atoms with Gasteiger partial charge in [-0.25, -0.2) is 0 Å². The first-order valence-electron chi connectivity index (χ1n) is 6.56. The van der Waals surface area contributed by atoms with Crippen molar-refractivity contribution in [3.63, 3.8) is 0 Å². The summed E-state index contributed by atoms with van der Waals surface area (Å²) in [6.45, 7) is 12.0. The first-order chi connectivity index (χ1) is 8.52. The number of Topliss-reactive ketones (excluding diaryl/α,β-unsaturated/α-hetero) is 1. The second-order valence-corrected chi connectivity index (χ2v) is 6.49. The summed E-state index contributed by atoms with van der Waals surface area (Å²) >= 11 is 6.23. The van der Waals surface area contributed by atoms with E-state index in [0.29, 0.717) is 11.6 Å². The van der Waals surface area contributed by atoms with Crippen molar-refractivity contribution in [1.82, 2.24) is 9.78 Å². The molecule has 1 rings (SSSR count). The van der Waals surface area contributed by atoms with Crippen LogP contribution in [0.5, 0.6) is 0 Å². The van der Waals surface area contributed by atoms with Gasteiger partial charge in [0.1, 0.15) is 5.78 Å². The second-order valence-electron chi connectivity index (χ2n) is 6.11. The summed E-state index contributed by atoms with van der Waals surface area (Å²) in [7, 11) is 0. The minimum absolute atomic E-state index is 0.0801. The van der Waals surface area contributed by atoms with Crippen molar-refractivity contribution in [2.24, 2.45) is 11.1 Å². The summed E-state index contributed by atoms with van der Waals surface area (Å²) in [4.78, 5) is 12.5. The number of hydrogen-bond acceptors (Lipinski definition) is 3. The maximum atomic E-state index is 12.5. The predicted molar refractivity (Wildman–Crippen MR) is 78.4 cm³/mol. The number of hydrogen-bond donors (Lipinski definition) is 1. The van der Waals surface area contributed by atoms with Crippen molar-refractivity contribution in [2.75, 3.05) is 0 Å². The number of halogens is 1. The predicted octanol–water partition coefficient (Wildman–Crippen LogP) is 2.74. The molecule has 1 heterocycles. The van der Waals surface area contributed by atoms with Crippen LogP contribution in [0.15, 0.2) is 0 Å². The fourth-order valence-corrected chi connectivity index (χ4v) is 1.97. The van der Waals surface area contributed by atoms with E-state index in [0.717, 1.165) is 11.4 Å². The number of nitrogens with two attached hydrogens (primary N) is 1. The molecule has 19 heavy (non-hydrogen) atoms. The van der Waals surface area contributed by atoms with Gasteiger partial charge < -0.3 is 5.73 Å². The lowest BCUT2D eigenvalue weighted by molar-refractivity contribution is -0.129. The lowest BCUT2D eigenvalue weighted by atomic mass is 9.71. The molecular formula is C14H24ClN3O. The van der Waals surface area contributed by atoms with Crippen molar-refractivity contribution >= 4 is 17.4 Å². The summed E-state index contributed by atoms with van der Waals surface area (Å²) in [6, 6.07) is 0. The normalized spacial score (nSPS) is 12.8. The maximum Gasteiger partial charge on any atom is 0.146 e. The molecule has 0 aliphatic carbocycles. The number of carbonyl (C=O) groups is 1. The molecule has 0 aromatic carbocycles. The Balaban J connectivity index is 3.07. The molecule has 0 atom stereocenters. The molecule has 0 unspecified atom stereocenters. The number of aromatic nitrogens is 2. The molecule has 0 fully saturated rings. The lowest BCUT2D eigenvalue weighted by Gasteiger charge is -2.37. The van der Waals surface area contributed by atoms with Gasteiger partial charge in [-0.05, 0) is 27.7 Å². The smallest absolute Gasteiger partial charge is 0.146 e. The van der Waals surface area contributed by atoms with E-state index in [9.17, 15) is 4.79 Å². The zero-order chi connectivity index (χ0) is 15.0. The number of ketones is 1. The van der Waals surface area contributed by atoms with Crippen molar-refractivity contribution in [1.29, 1.82) is 0 Å². The highest BCUT2D eigenvalue weighted by molar-refractivity contribution is 6.32. The molecule has 0 bridgehead atoms. The van der Waals surface area contributed by atoms with Gasteiger partial charge in [0.2, 0.25) is 0 Å². The van der Waals surface area contributed by atoms with E-state index in [-0.39, 0.29) is 12.2 Å². The fraction of sp³-hybridized carbons (Fsp3) is 0.714. The van der Waals surface area contributed by atoms with Crippen LogP contribution < -0.4 is 5.73 Å². The van der Waals surface area contributed by atoms with E-state index in [1.807, 2.05) is 41.5 Å². The summed E-state index contributed by atoms with van der Waals surface area (Å²) in [5, 5.41) is 4.91. The highest BCUT2D eigenvalue weighted by Crippen LogP contribution is 2.32. The molecule has 0 saturated carbocycles. The third-order valence-electron chi connectivity index (χ3n) is 4.09. The first-order valence-corrected chi connectivity index (χ1v) is 6.94. The maximum absolute atomic E-state index is 12.5. The van der Waals surface area contributed by atoms with E-state index in [1.54, 1.807) is 4.68 Å². The van der Waals surface area contributed by atoms with Crippen LogP contribution in [0.1, 0.15) is 46.0 Å². The SMILES string of the molecule is CCn1nc(C)c(Cl)c1CC(=O)C(C)(C)C(C)(C)N. The molecule has 0 radical (unpaired) electrons. The van der Waals surface area contributed by atoms with Crippen LogP contribution in [-0.2, 0) is 17.8 Å². The zero-order valence-electron chi connectivity index (χ0n) is 12.7. The highest BCUT2D eigenvalue weighted by atomic mass is 35.5. The summed E-state index contributed by atoms with van der Waals surface area (Å²) < 4.78 is 1.79. The topological polar surface area (TPSA) is 60.9 Å². The Labute approximate surface area is 120 Å². The average molecular weight is 286 g/mol. The number of aryl methyl sites for hydroxylation is 2. The average Bonchev–Trinajstić information content (AvgIpc) is 2.55. The number of nitrogens with zero attached hydrogens (tertiary/aromatic N) is 2. The van der Waals surface area contributed by atoms with Gasteiger partial charge in [-0.15, -0.1) is 0 Å². The van der Waals surface area contributed by atoms with Gasteiger partial charge in [0.25, 0.3) is 0 Å². The van der Waals surface area contributed by atoms with Crippen LogP contribution in [0.3, 0.4) is 0 Å². The molecule has 0 amide bonds. The molecule has 1 aromatic rings. The van der Waals surface area contributed by atoms with Gasteiger partial charge >= 0.3 is 0 Å². The lowest BCUT2D eigenvalue weighted by Crippen LogP contribution is -2.52. The van der Waals surface area contributed by atoms with Gasteiger partial charge in [0, 0.05) is 17.5 Å². The van der Waals surface area contributed by atoms with Crippen LogP contribution >= 0.6 is 11.6 Å². The van der Waals surface area contributed by atoms with Crippen LogP contribution in [0, 0.1) is 12.3 Å². The van der Waals surface area contributed by atoms with E-state index in [4.69, 9.17) is 17.3 Å². The molecule has 0 saturated heterocycles. The van der Waals surface area contributed by atoms with Crippen LogP contribution in [0.4, 0.5) is 0 Å². The minimum atomic E-state index is -0.618.